The van der Waals surface area contributed by atoms with Crippen LogP contribution in [-0.4, -0.2) is 0 Å². The third-order valence-corrected chi connectivity index (χ3v) is 1.76. The minimum absolute atomic E-state index is 0.810. The molecule has 0 saturated carbocycles. The van der Waals surface area contributed by atoms with Crippen molar-refractivity contribution in [3.8, 4) is 0 Å². The van der Waals surface area contributed by atoms with Crippen LogP contribution in [0.25, 0.3) is 0 Å². The van der Waals surface area contributed by atoms with Crippen LogP contribution >= 0.6 is 0 Å². The third kappa shape index (κ3) is 1.24. The van der Waals surface area contributed by atoms with Crippen LogP contribution in [0.2, 0.25) is 0 Å². The number of allylic oxidation sites excluding steroid dienone is 4. The lowest BCUT2D eigenvalue weighted by atomic mass is 10.2. The van der Waals surface area contributed by atoms with Gasteiger partial charge in [0, 0.05) is 0 Å². The monoisotopic (exact) mass is 122 g/mol. The fourth-order valence-corrected chi connectivity index (χ4v) is 1.33. The van der Waals surface area contributed by atoms with Gasteiger partial charge >= 0.3 is 0 Å². The zero-order valence-corrected chi connectivity index (χ0v) is 6.17. The van der Waals surface area contributed by atoms with E-state index in [-0.39, 0.29) is 0 Å². The Labute approximate surface area is 57.3 Å². The normalized spacial score (nSPS) is 34.4. The highest BCUT2D eigenvalue weighted by atomic mass is 14.2. The van der Waals surface area contributed by atoms with Crippen LogP contribution in [0.3, 0.4) is 0 Å². The van der Waals surface area contributed by atoms with Crippen molar-refractivity contribution in [1.82, 2.24) is 0 Å². The molecule has 0 radical (unpaired) electrons. The zero-order valence-electron chi connectivity index (χ0n) is 6.17. The van der Waals surface area contributed by atoms with Gasteiger partial charge in [-0.1, -0.05) is 38.2 Å². The van der Waals surface area contributed by atoms with Crippen molar-refractivity contribution in [3.05, 3.63) is 24.3 Å². The van der Waals surface area contributed by atoms with Gasteiger partial charge in [-0.2, -0.15) is 0 Å². The lowest BCUT2D eigenvalue weighted by Gasteiger charge is -1.88. The minimum Gasteiger partial charge on any atom is -0.0810 e. The molecular weight excluding hydrogens is 108 g/mol. The molecule has 0 amide bonds. The molecule has 0 fully saturated rings. The van der Waals surface area contributed by atoms with Crippen LogP contribution in [0.4, 0.5) is 0 Å². The van der Waals surface area contributed by atoms with Gasteiger partial charge in [-0.3, -0.25) is 0 Å². The summed E-state index contributed by atoms with van der Waals surface area (Å²) in [7, 11) is 0. The molecule has 0 saturated heterocycles. The van der Waals surface area contributed by atoms with Crippen molar-refractivity contribution in [3.63, 3.8) is 0 Å². The van der Waals surface area contributed by atoms with Crippen molar-refractivity contribution < 1.29 is 0 Å². The third-order valence-electron chi connectivity index (χ3n) is 1.76. The van der Waals surface area contributed by atoms with E-state index in [1.807, 2.05) is 13.8 Å². The molecule has 0 aromatic rings. The average Bonchev–Trinajstić information content (AvgIpc) is 2.53. The number of hydrogen-bond donors (Lipinski definition) is 0. The number of rotatable bonds is 0. The van der Waals surface area contributed by atoms with E-state index >= 15 is 0 Å². The van der Waals surface area contributed by atoms with Crippen LogP contribution in [0.1, 0.15) is 20.3 Å². The molecule has 0 atom stereocenters. The van der Waals surface area contributed by atoms with E-state index in [1.165, 1.54) is 6.42 Å². The Hall–Kier alpha value is -0.520. The summed E-state index contributed by atoms with van der Waals surface area (Å²) in [6, 6.07) is 0. The van der Waals surface area contributed by atoms with Gasteiger partial charge in [0.1, 0.15) is 0 Å². The second-order valence-electron chi connectivity index (χ2n) is 2.33. The Morgan fingerprint density at radius 1 is 0.889 bits per heavy atom. The van der Waals surface area contributed by atoms with E-state index < -0.39 is 0 Å². The van der Waals surface area contributed by atoms with Gasteiger partial charge in [0.05, 0.1) is 0 Å². The van der Waals surface area contributed by atoms with Gasteiger partial charge < -0.3 is 0 Å². The Bertz CT molecular complexity index is 103. The second-order valence-corrected chi connectivity index (χ2v) is 2.33. The Morgan fingerprint density at radius 3 is 1.33 bits per heavy atom. The van der Waals surface area contributed by atoms with Gasteiger partial charge in [0.25, 0.3) is 0 Å². The summed E-state index contributed by atoms with van der Waals surface area (Å²) in [6.45, 7) is 4.00. The first-order valence-electron chi connectivity index (χ1n) is 3.82. The van der Waals surface area contributed by atoms with Gasteiger partial charge in [0.15, 0.2) is 0 Å². The first-order chi connectivity index (χ1) is 4.45. The molecule has 0 unspecified atom stereocenters. The second kappa shape index (κ2) is 2.86. The lowest BCUT2D eigenvalue weighted by molar-refractivity contribution is 0.732. The van der Waals surface area contributed by atoms with E-state index in [0.29, 0.717) is 0 Å². The van der Waals surface area contributed by atoms with Crippen molar-refractivity contribution in [2.45, 2.75) is 20.3 Å². The van der Waals surface area contributed by atoms with Crippen LogP contribution < -0.4 is 0 Å². The quantitative estimate of drug-likeness (QED) is 0.433. The summed E-state index contributed by atoms with van der Waals surface area (Å²) in [4.78, 5) is 0. The molecule has 2 rings (SSSR count). The number of hydrogen-bond acceptors (Lipinski definition) is 0. The summed E-state index contributed by atoms with van der Waals surface area (Å²) >= 11 is 0. The molecule has 0 N–H and O–H groups in total. The molecule has 0 heteroatoms. The van der Waals surface area contributed by atoms with Gasteiger partial charge in [-0.25, -0.2) is 0 Å². The van der Waals surface area contributed by atoms with Crippen molar-refractivity contribution in [2.24, 2.45) is 11.8 Å². The molecule has 0 heterocycles. The lowest BCUT2D eigenvalue weighted by Crippen LogP contribution is -1.79. The molecule has 2 aliphatic rings. The molecule has 0 aliphatic heterocycles. The van der Waals surface area contributed by atoms with Crippen molar-refractivity contribution in [1.29, 1.82) is 0 Å². The summed E-state index contributed by atoms with van der Waals surface area (Å²) in [5.41, 5.74) is 0. The van der Waals surface area contributed by atoms with Crippen LogP contribution in [-0.2, 0) is 0 Å². The topological polar surface area (TPSA) is 0 Å². The first kappa shape index (κ1) is 6.60. The maximum absolute atomic E-state index is 2.30. The minimum atomic E-state index is 0.810. The molecule has 0 nitrogen and oxygen atoms in total. The Morgan fingerprint density at radius 2 is 1.22 bits per heavy atom. The highest BCUT2D eigenvalue weighted by Crippen LogP contribution is 2.31. The van der Waals surface area contributed by atoms with Crippen molar-refractivity contribution >= 4 is 0 Å². The van der Waals surface area contributed by atoms with Gasteiger partial charge in [-0.15, -0.1) is 0 Å². The Balaban J connectivity index is 0.000000186. The highest BCUT2D eigenvalue weighted by molar-refractivity contribution is 5.21. The van der Waals surface area contributed by atoms with Gasteiger partial charge in [-0.05, 0) is 18.3 Å². The molecule has 2 bridgehead atoms. The van der Waals surface area contributed by atoms with Crippen LogP contribution in [0, 0.1) is 11.8 Å². The number of fused-ring (bicyclic) bond motifs is 2. The van der Waals surface area contributed by atoms with Gasteiger partial charge in [0.2, 0.25) is 0 Å². The molecule has 0 spiro atoms. The molecule has 2 aliphatic carbocycles. The first-order valence-corrected chi connectivity index (χ1v) is 3.82. The van der Waals surface area contributed by atoms with Crippen molar-refractivity contribution in [2.75, 3.05) is 0 Å². The molecule has 0 aromatic carbocycles. The maximum atomic E-state index is 2.30. The predicted octanol–water partition coefficient (Wildman–Crippen LogP) is 2.77. The van der Waals surface area contributed by atoms with Crippen LogP contribution in [0.5, 0.6) is 0 Å². The molecule has 0 aromatic heterocycles. The largest absolute Gasteiger partial charge is 0.0810 e. The van der Waals surface area contributed by atoms with E-state index in [0.717, 1.165) is 11.8 Å². The molecular formula is C9H14. The fraction of sp³-hybridized carbons (Fsp3) is 0.556. The van der Waals surface area contributed by atoms with Crippen LogP contribution in [0.15, 0.2) is 24.3 Å². The maximum Gasteiger partial charge on any atom is -0.00445 e. The SMILES string of the molecule is C1=CC2C=CC1C2.CC. The molecule has 9 heavy (non-hydrogen) atoms. The standard InChI is InChI=1S/C7H8.C2H6/c1-2-7-4-3-6(1)5-7;1-2/h1-4,6-7H,5H2;1-2H3. The van der Waals surface area contributed by atoms with E-state index in [9.17, 15) is 0 Å². The van der Waals surface area contributed by atoms with E-state index in [1.54, 1.807) is 0 Å². The summed E-state index contributed by atoms with van der Waals surface area (Å²) in [5.74, 6) is 1.62. The van der Waals surface area contributed by atoms with E-state index in [2.05, 4.69) is 24.3 Å². The fourth-order valence-electron chi connectivity index (χ4n) is 1.33. The Kier molecular flexibility index (Phi) is 2.10. The summed E-state index contributed by atoms with van der Waals surface area (Å²) < 4.78 is 0. The van der Waals surface area contributed by atoms with E-state index in [4.69, 9.17) is 0 Å². The smallest absolute Gasteiger partial charge is 0.00445 e. The highest BCUT2D eigenvalue weighted by Gasteiger charge is 2.19. The zero-order chi connectivity index (χ0) is 6.69. The summed E-state index contributed by atoms with van der Waals surface area (Å²) in [5, 5.41) is 0. The average molecular weight is 122 g/mol. The predicted molar refractivity (Wildman–Crippen MR) is 41.2 cm³/mol. The molecule has 50 valence electrons. The summed E-state index contributed by atoms with van der Waals surface area (Å²) in [6.07, 6.45) is 10.5.